The lowest BCUT2D eigenvalue weighted by Crippen LogP contribution is -2.29. The van der Waals surface area contributed by atoms with E-state index in [9.17, 15) is 13.2 Å². The van der Waals surface area contributed by atoms with Crippen molar-refractivity contribution in [2.24, 2.45) is 0 Å². The van der Waals surface area contributed by atoms with Crippen molar-refractivity contribution in [3.05, 3.63) is 41.1 Å². The number of hydrogen-bond acceptors (Lipinski definition) is 3. The van der Waals surface area contributed by atoms with Gasteiger partial charge in [0.2, 0.25) is 0 Å². The van der Waals surface area contributed by atoms with Gasteiger partial charge in [-0.2, -0.15) is 18.3 Å². The number of anilines is 1. The Kier molecular flexibility index (Phi) is 3.98. The first-order valence-corrected chi connectivity index (χ1v) is 8.65. The fourth-order valence-corrected chi connectivity index (χ4v) is 3.81. The maximum atomic E-state index is 13.0. The first-order chi connectivity index (χ1) is 11.9. The van der Waals surface area contributed by atoms with Gasteiger partial charge in [-0.1, -0.05) is 6.07 Å². The van der Waals surface area contributed by atoms with Gasteiger partial charge in [0.1, 0.15) is 5.82 Å². The third-order valence-corrected chi connectivity index (χ3v) is 5.21. The molecule has 7 heteroatoms. The Balaban J connectivity index is 1.73. The highest BCUT2D eigenvalue weighted by Crippen LogP contribution is 2.37. The van der Waals surface area contributed by atoms with Crippen molar-refractivity contribution >= 4 is 5.82 Å². The van der Waals surface area contributed by atoms with Crippen LogP contribution in [0.3, 0.4) is 0 Å². The molecule has 0 aliphatic carbocycles. The fourth-order valence-electron chi connectivity index (χ4n) is 3.81. The zero-order valence-electron chi connectivity index (χ0n) is 14.1. The number of aromatic nitrogens is 2. The monoisotopic (exact) mass is 350 g/mol. The Hall–Kier alpha value is -2.02. The van der Waals surface area contributed by atoms with Crippen molar-refractivity contribution in [1.82, 2.24) is 14.7 Å². The molecule has 134 valence electrons. The Labute approximate surface area is 144 Å². The van der Waals surface area contributed by atoms with E-state index in [1.165, 1.54) is 17.7 Å². The van der Waals surface area contributed by atoms with Crippen LogP contribution in [0.25, 0.3) is 5.69 Å². The minimum absolute atomic E-state index is 0.386. The molecule has 0 amide bonds. The normalized spacial score (nSPS) is 19.0. The molecule has 2 aliphatic rings. The van der Waals surface area contributed by atoms with Crippen LogP contribution in [0.2, 0.25) is 0 Å². The highest BCUT2D eigenvalue weighted by Gasteiger charge is 2.32. The Morgan fingerprint density at radius 3 is 2.68 bits per heavy atom. The third kappa shape index (κ3) is 3.01. The van der Waals surface area contributed by atoms with Crippen molar-refractivity contribution in [2.75, 3.05) is 32.0 Å². The molecule has 0 bridgehead atoms. The lowest BCUT2D eigenvalue weighted by molar-refractivity contribution is -0.137. The number of hydrogen-bond donors (Lipinski definition) is 1. The molecule has 1 aromatic heterocycles. The summed E-state index contributed by atoms with van der Waals surface area (Å²) < 4.78 is 40.8. The topological polar surface area (TPSA) is 33.1 Å². The smallest absolute Gasteiger partial charge is 0.369 e. The average Bonchev–Trinajstić information content (AvgIpc) is 3.17. The molecule has 0 atom stereocenters. The van der Waals surface area contributed by atoms with E-state index < -0.39 is 11.7 Å². The summed E-state index contributed by atoms with van der Waals surface area (Å²) >= 11 is 0. The summed E-state index contributed by atoms with van der Waals surface area (Å²) in [5.41, 5.74) is 2.05. The summed E-state index contributed by atoms with van der Waals surface area (Å²) in [7, 11) is 2.11. The van der Waals surface area contributed by atoms with E-state index in [1.807, 2.05) is 0 Å². The first-order valence-electron chi connectivity index (χ1n) is 8.65. The van der Waals surface area contributed by atoms with Gasteiger partial charge in [0.05, 0.1) is 16.9 Å². The number of piperidine rings is 1. The summed E-state index contributed by atoms with van der Waals surface area (Å²) in [5.74, 6) is 1.24. The minimum atomic E-state index is -4.35. The molecular weight excluding hydrogens is 329 g/mol. The number of likely N-dealkylation sites (tertiary alicyclic amines) is 1. The van der Waals surface area contributed by atoms with E-state index in [4.69, 9.17) is 5.10 Å². The van der Waals surface area contributed by atoms with Crippen LogP contribution in [-0.4, -0.2) is 41.4 Å². The van der Waals surface area contributed by atoms with Crippen molar-refractivity contribution < 1.29 is 13.2 Å². The largest absolute Gasteiger partial charge is 0.416 e. The second kappa shape index (κ2) is 6.05. The third-order valence-electron chi connectivity index (χ3n) is 5.21. The summed E-state index contributed by atoms with van der Waals surface area (Å²) in [5, 5.41) is 8.04. The molecule has 4 rings (SSSR count). The number of nitrogens with zero attached hydrogens (tertiary/aromatic N) is 3. The highest BCUT2D eigenvalue weighted by atomic mass is 19.4. The van der Waals surface area contributed by atoms with Crippen molar-refractivity contribution in [3.8, 4) is 5.69 Å². The van der Waals surface area contributed by atoms with Crippen LogP contribution in [0.5, 0.6) is 0 Å². The van der Waals surface area contributed by atoms with Crippen LogP contribution in [0.1, 0.15) is 35.6 Å². The molecule has 2 aromatic rings. The molecule has 1 fully saturated rings. The predicted molar refractivity (Wildman–Crippen MR) is 90.2 cm³/mol. The molecule has 2 aliphatic heterocycles. The number of halogens is 3. The number of nitrogens with one attached hydrogen (secondary N) is 1. The summed E-state index contributed by atoms with van der Waals surface area (Å²) in [6.07, 6.45) is -1.38. The minimum Gasteiger partial charge on any atom is -0.369 e. The predicted octanol–water partition coefficient (Wildman–Crippen LogP) is 3.67. The second-order valence-corrected chi connectivity index (χ2v) is 6.93. The van der Waals surface area contributed by atoms with Crippen molar-refractivity contribution in [2.45, 2.75) is 31.4 Å². The summed E-state index contributed by atoms with van der Waals surface area (Å²) in [6, 6.07) is 5.39. The van der Waals surface area contributed by atoms with Gasteiger partial charge in [-0.15, -0.1) is 0 Å². The van der Waals surface area contributed by atoms with Crippen LogP contribution in [0.15, 0.2) is 24.3 Å². The zero-order valence-corrected chi connectivity index (χ0v) is 14.1. The molecule has 25 heavy (non-hydrogen) atoms. The molecular formula is C18H21F3N4. The van der Waals surface area contributed by atoms with Crippen LogP contribution >= 0.6 is 0 Å². The molecule has 3 heterocycles. The molecule has 0 saturated carbocycles. The maximum absolute atomic E-state index is 13.0. The summed E-state index contributed by atoms with van der Waals surface area (Å²) in [6.45, 7) is 2.87. The Morgan fingerprint density at radius 1 is 1.20 bits per heavy atom. The molecule has 1 N–H and O–H groups in total. The molecule has 1 aromatic carbocycles. The Morgan fingerprint density at radius 2 is 1.96 bits per heavy atom. The van der Waals surface area contributed by atoms with Gasteiger partial charge in [0.15, 0.2) is 0 Å². The van der Waals surface area contributed by atoms with Gasteiger partial charge in [-0.25, -0.2) is 4.68 Å². The molecule has 0 spiro atoms. The zero-order chi connectivity index (χ0) is 17.6. The Bertz CT molecular complexity index is 773. The van der Waals surface area contributed by atoms with Crippen LogP contribution in [-0.2, 0) is 12.6 Å². The number of alkyl halides is 3. The van der Waals surface area contributed by atoms with Gasteiger partial charge >= 0.3 is 6.18 Å². The van der Waals surface area contributed by atoms with Gasteiger partial charge in [-0.05, 0) is 57.6 Å². The van der Waals surface area contributed by atoms with E-state index in [2.05, 4.69) is 17.3 Å². The van der Waals surface area contributed by atoms with E-state index in [-0.39, 0.29) is 0 Å². The SMILES string of the molecule is CN1CCC(c2nn(-c3cccc(C(F)(F)F)c3)c3c2CCN3)CC1. The lowest BCUT2D eigenvalue weighted by atomic mass is 9.91. The average molecular weight is 350 g/mol. The second-order valence-electron chi connectivity index (χ2n) is 6.93. The molecule has 0 unspecified atom stereocenters. The molecule has 0 radical (unpaired) electrons. The first kappa shape index (κ1) is 16.4. The standard InChI is InChI=1S/C18H21F3N4/c1-24-9-6-12(7-10-24)16-15-5-8-22-17(15)25(23-16)14-4-2-3-13(11-14)18(19,20)21/h2-4,11-12,22H,5-10H2,1H3. The fraction of sp³-hybridized carbons (Fsp3) is 0.500. The van der Waals surface area contributed by atoms with E-state index in [0.717, 1.165) is 56.5 Å². The number of benzene rings is 1. The van der Waals surface area contributed by atoms with E-state index in [1.54, 1.807) is 10.7 Å². The van der Waals surface area contributed by atoms with Crippen molar-refractivity contribution in [1.29, 1.82) is 0 Å². The van der Waals surface area contributed by atoms with E-state index >= 15 is 0 Å². The highest BCUT2D eigenvalue weighted by molar-refractivity contribution is 5.58. The number of fused-ring (bicyclic) bond motifs is 1. The number of rotatable bonds is 2. The molecule has 1 saturated heterocycles. The lowest BCUT2D eigenvalue weighted by Gasteiger charge is -2.28. The van der Waals surface area contributed by atoms with Crippen LogP contribution in [0, 0.1) is 0 Å². The van der Waals surface area contributed by atoms with Gasteiger partial charge in [0.25, 0.3) is 0 Å². The van der Waals surface area contributed by atoms with Crippen LogP contribution in [0.4, 0.5) is 19.0 Å². The van der Waals surface area contributed by atoms with Gasteiger partial charge in [0, 0.05) is 18.0 Å². The van der Waals surface area contributed by atoms with Gasteiger partial charge < -0.3 is 10.2 Å². The van der Waals surface area contributed by atoms with E-state index in [0.29, 0.717) is 11.6 Å². The quantitative estimate of drug-likeness (QED) is 0.897. The van der Waals surface area contributed by atoms with Crippen molar-refractivity contribution in [3.63, 3.8) is 0 Å². The maximum Gasteiger partial charge on any atom is 0.416 e. The van der Waals surface area contributed by atoms with Crippen LogP contribution < -0.4 is 5.32 Å². The summed E-state index contributed by atoms with van der Waals surface area (Å²) in [4.78, 5) is 2.30. The molecule has 4 nitrogen and oxygen atoms in total. The van der Waals surface area contributed by atoms with Gasteiger partial charge in [-0.3, -0.25) is 0 Å².